The summed E-state index contributed by atoms with van der Waals surface area (Å²) >= 11 is 0. The Morgan fingerprint density at radius 2 is 2.12 bits per heavy atom. The Bertz CT molecular complexity index is 326. The lowest BCUT2D eigenvalue weighted by Crippen LogP contribution is -2.41. The predicted octanol–water partition coefficient (Wildman–Crippen LogP) is 3.70. The maximum Gasteiger partial charge on any atom is 0.0637 e. The summed E-state index contributed by atoms with van der Waals surface area (Å²) in [7, 11) is 0. The van der Waals surface area contributed by atoms with Crippen molar-refractivity contribution in [2.24, 2.45) is 17.3 Å². The minimum Gasteiger partial charge on any atom is -0.392 e. The molecule has 1 N–H and O–H groups in total. The molecule has 2 aliphatic carbocycles. The molecule has 3 atom stereocenters. The molecule has 1 heteroatoms. The molecule has 2 rings (SSSR count). The van der Waals surface area contributed by atoms with Gasteiger partial charge in [-0.25, -0.2) is 0 Å². The van der Waals surface area contributed by atoms with E-state index in [9.17, 15) is 5.11 Å². The number of hydrogen-bond donors (Lipinski definition) is 1. The number of aliphatic hydroxyl groups excluding tert-OH is 1. The smallest absolute Gasteiger partial charge is 0.0637 e. The zero-order chi connectivity index (χ0) is 11.9. The fourth-order valence-electron chi connectivity index (χ4n) is 3.25. The van der Waals surface area contributed by atoms with Gasteiger partial charge in [0.15, 0.2) is 0 Å². The molecular weight excluding hydrogens is 196 g/mol. The van der Waals surface area contributed by atoms with E-state index in [-0.39, 0.29) is 11.5 Å². The second-order valence-corrected chi connectivity index (χ2v) is 6.10. The summed E-state index contributed by atoms with van der Waals surface area (Å²) in [5.74, 6) is 1.37. The maximum atomic E-state index is 10.2. The Hall–Kier alpha value is -0.560. The van der Waals surface area contributed by atoms with E-state index in [1.54, 1.807) is 0 Å². The van der Waals surface area contributed by atoms with E-state index in [2.05, 4.69) is 33.4 Å². The van der Waals surface area contributed by atoms with Gasteiger partial charge in [0.1, 0.15) is 0 Å². The largest absolute Gasteiger partial charge is 0.392 e. The van der Waals surface area contributed by atoms with Crippen molar-refractivity contribution in [1.82, 2.24) is 0 Å². The zero-order valence-corrected chi connectivity index (χ0v) is 10.8. The average Bonchev–Trinajstić information content (AvgIpc) is 2.24. The Labute approximate surface area is 99.3 Å². The van der Waals surface area contributed by atoms with Gasteiger partial charge in [0, 0.05) is 5.41 Å². The van der Waals surface area contributed by atoms with E-state index in [0.29, 0.717) is 11.8 Å². The first-order chi connectivity index (χ1) is 7.45. The van der Waals surface area contributed by atoms with Crippen molar-refractivity contribution < 1.29 is 5.11 Å². The molecule has 1 nitrogen and oxygen atoms in total. The van der Waals surface area contributed by atoms with Crippen LogP contribution in [0.1, 0.15) is 46.5 Å². The molecule has 0 saturated heterocycles. The van der Waals surface area contributed by atoms with Gasteiger partial charge in [0.25, 0.3) is 0 Å². The SMILES string of the molecule is C=C1CCC(O)[C@]2(C)CC[C@@H](C(C)C)C=C12. The monoisotopic (exact) mass is 220 g/mol. The van der Waals surface area contributed by atoms with Crippen LogP contribution in [0.5, 0.6) is 0 Å². The third-order valence-corrected chi connectivity index (χ3v) is 4.69. The molecule has 1 unspecified atom stereocenters. The predicted molar refractivity (Wildman–Crippen MR) is 68.1 cm³/mol. The molecule has 0 bridgehead atoms. The fourth-order valence-corrected chi connectivity index (χ4v) is 3.25. The van der Waals surface area contributed by atoms with Crippen molar-refractivity contribution in [1.29, 1.82) is 0 Å². The van der Waals surface area contributed by atoms with Crippen LogP contribution in [0.2, 0.25) is 0 Å². The van der Waals surface area contributed by atoms with E-state index >= 15 is 0 Å². The van der Waals surface area contributed by atoms with Gasteiger partial charge in [0.2, 0.25) is 0 Å². The van der Waals surface area contributed by atoms with Gasteiger partial charge in [-0.15, -0.1) is 0 Å². The third-order valence-electron chi connectivity index (χ3n) is 4.69. The van der Waals surface area contributed by atoms with Crippen LogP contribution in [-0.4, -0.2) is 11.2 Å². The van der Waals surface area contributed by atoms with Crippen LogP contribution in [0.15, 0.2) is 23.8 Å². The standard InChI is InChI=1S/C15H24O/c1-10(2)12-7-8-15(4)13(9-12)11(3)5-6-14(15)16/h9-10,12,14,16H,3,5-8H2,1-2,4H3/t12-,14?,15-/m1/s1. The molecule has 0 amide bonds. The molecule has 1 fully saturated rings. The summed E-state index contributed by atoms with van der Waals surface area (Å²) in [6.45, 7) is 11.0. The van der Waals surface area contributed by atoms with Crippen molar-refractivity contribution in [3.63, 3.8) is 0 Å². The molecule has 90 valence electrons. The summed E-state index contributed by atoms with van der Waals surface area (Å²) in [6.07, 6.45) is 6.41. The van der Waals surface area contributed by atoms with Crippen molar-refractivity contribution in [3.05, 3.63) is 23.8 Å². The number of fused-ring (bicyclic) bond motifs is 1. The molecule has 1 saturated carbocycles. The molecule has 2 aliphatic rings. The summed E-state index contributed by atoms with van der Waals surface area (Å²) in [5, 5.41) is 10.2. The van der Waals surface area contributed by atoms with Crippen LogP contribution in [0.3, 0.4) is 0 Å². The molecule has 0 aromatic rings. The lowest BCUT2D eigenvalue weighted by molar-refractivity contribution is 0.0307. The lowest BCUT2D eigenvalue weighted by atomic mass is 9.60. The van der Waals surface area contributed by atoms with Gasteiger partial charge in [-0.2, -0.15) is 0 Å². The Kier molecular flexibility index (Phi) is 3.00. The van der Waals surface area contributed by atoms with Crippen molar-refractivity contribution >= 4 is 0 Å². The first kappa shape index (κ1) is 11.9. The van der Waals surface area contributed by atoms with Gasteiger partial charge in [-0.3, -0.25) is 0 Å². The summed E-state index contributed by atoms with van der Waals surface area (Å²) < 4.78 is 0. The fraction of sp³-hybridized carbons (Fsp3) is 0.733. The highest BCUT2D eigenvalue weighted by atomic mass is 16.3. The van der Waals surface area contributed by atoms with Crippen LogP contribution in [0, 0.1) is 17.3 Å². The minimum absolute atomic E-state index is 0.0132. The van der Waals surface area contributed by atoms with E-state index < -0.39 is 0 Å². The second-order valence-electron chi connectivity index (χ2n) is 6.10. The molecule has 0 aromatic heterocycles. The van der Waals surface area contributed by atoms with Gasteiger partial charge < -0.3 is 5.11 Å². The molecular formula is C15H24O. The van der Waals surface area contributed by atoms with Crippen LogP contribution in [-0.2, 0) is 0 Å². The van der Waals surface area contributed by atoms with Gasteiger partial charge in [-0.05, 0) is 43.1 Å². The maximum absolute atomic E-state index is 10.2. The van der Waals surface area contributed by atoms with Gasteiger partial charge >= 0.3 is 0 Å². The van der Waals surface area contributed by atoms with Crippen molar-refractivity contribution in [2.45, 2.75) is 52.6 Å². The minimum atomic E-state index is -0.169. The van der Waals surface area contributed by atoms with Gasteiger partial charge in [-0.1, -0.05) is 39.0 Å². The van der Waals surface area contributed by atoms with Crippen molar-refractivity contribution in [3.8, 4) is 0 Å². The number of aliphatic hydroxyl groups is 1. The van der Waals surface area contributed by atoms with E-state index in [4.69, 9.17) is 0 Å². The molecule has 0 heterocycles. The van der Waals surface area contributed by atoms with Crippen LogP contribution in [0.4, 0.5) is 0 Å². The second kappa shape index (κ2) is 4.03. The highest BCUT2D eigenvalue weighted by Crippen LogP contribution is 2.51. The Balaban J connectivity index is 2.35. The average molecular weight is 220 g/mol. The van der Waals surface area contributed by atoms with Crippen molar-refractivity contribution in [2.75, 3.05) is 0 Å². The molecule has 16 heavy (non-hydrogen) atoms. The highest BCUT2D eigenvalue weighted by Gasteiger charge is 2.43. The summed E-state index contributed by atoms with van der Waals surface area (Å²) in [4.78, 5) is 0. The van der Waals surface area contributed by atoms with Crippen LogP contribution in [0.25, 0.3) is 0 Å². The molecule has 0 spiro atoms. The zero-order valence-electron chi connectivity index (χ0n) is 10.8. The quantitative estimate of drug-likeness (QED) is 0.714. The Morgan fingerprint density at radius 3 is 2.75 bits per heavy atom. The third kappa shape index (κ3) is 1.75. The lowest BCUT2D eigenvalue weighted by Gasteiger charge is -2.46. The molecule has 0 radical (unpaired) electrons. The summed E-state index contributed by atoms with van der Waals surface area (Å²) in [5.41, 5.74) is 2.61. The summed E-state index contributed by atoms with van der Waals surface area (Å²) in [6, 6.07) is 0. The van der Waals surface area contributed by atoms with E-state index in [1.807, 2.05) is 0 Å². The first-order valence-corrected chi connectivity index (χ1v) is 6.53. The van der Waals surface area contributed by atoms with E-state index in [0.717, 1.165) is 19.3 Å². The number of rotatable bonds is 1. The number of hydrogen-bond acceptors (Lipinski definition) is 1. The van der Waals surface area contributed by atoms with Crippen LogP contribution < -0.4 is 0 Å². The first-order valence-electron chi connectivity index (χ1n) is 6.53. The molecule has 0 aromatic carbocycles. The Morgan fingerprint density at radius 1 is 1.44 bits per heavy atom. The van der Waals surface area contributed by atoms with E-state index in [1.165, 1.54) is 17.6 Å². The highest BCUT2D eigenvalue weighted by molar-refractivity contribution is 5.40. The van der Waals surface area contributed by atoms with Gasteiger partial charge in [0.05, 0.1) is 6.10 Å². The molecule has 0 aliphatic heterocycles. The topological polar surface area (TPSA) is 20.2 Å². The van der Waals surface area contributed by atoms with Crippen LogP contribution >= 0.6 is 0 Å². The number of allylic oxidation sites excluding steroid dienone is 2. The normalized spacial score (nSPS) is 39.6.